The van der Waals surface area contributed by atoms with Crippen LogP contribution in [-0.4, -0.2) is 16.0 Å². The van der Waals surface area contributed by atoms with Gasteiger partial charge in [-0.2, -0.15) is 0 Å². The maximum Gasteiger partial charge on any atom is 0.167 e. The molecule has 0 saturated heterocycles. The van der Waals surface area contributed by atoms with Crippen LogP contribution in [0.4, 0.5) is 0 Å². The van der Waals surface area contributed by atoms with Gasteiger partial charge >= 0.3 is 0 Å². The van der Waals surface area contributed by atoms with Crippen molar-refractivity contribution in [2.45, 2.75) is 58.8 Å². The number of fused-ring (bicyclic) bond motifs is 2. The summed E-state index contributed by atoms with van der Waals surface area (Å²) in [5, 5.41) is 21.4. The number of hydrogen-bond donors (Lipinski definition) is 2. The number of phenolic OH excluding ortho intramolecular Hbond substituents is 2. The molecule has 0 saturated carbocycles. The standard InChI is InChI=1S/C18H22O3/c1-9-7-11-12(8-10(9)2)17(21)15-14(16(11)20)13(19)5-6-18(15,3)4/h20-21H,5-8H2,1-4H3. The molecule has 0 radical (unpaired) electrons. The quantitative estimate of drug-likeness (QED) is 0.563. The molecule has 0 spiro atoms. The first-order valence-corrected chi connectivity index (χ1v) is 7.52. The second-order valence-corrected chi connectivity index (χ2v) is 7.13. The van der Waals surface area contributed by atoms with E-state index < -0.39 is 0 Å². The van der Waals surface area contributed by atoms with E-state index in [2.05, 4.69) is 6.92 Å². The Morgan fingerprint density at radius 1 is 0.952 bits per heavy atom. The molecule has 0 heterocycles. The first-order chi connectivity index (χ1) is 9.74. The van der Waals surface area contributed by atoms with Gasteiger partial charge in [0, 0.05) is 23.1 Å². The normalized spacial score (nSPS) is 20.3. The maximum atomic E-state index is 12.3. The lowest BCUT2D eigenvalue weighted by atomic mass is 9.69. The molecule has 3 heteroatoms. The van der Waals surface area contributed by atoms with Crippen LogP contribution in [0.5, 0.6) is 11.5 Å². The van der Waals surface area contributed by atoms with Gasteiger partial charge in [-0.3, -0.25) is 4.79 Å². The largest absolute Gasteiger partial charge is 0.507 e. The molecule has 0 aromatic heterocycles. The lowest BCUT2D eigenvalue weighted by Gasteiger charge is -2.35. The molecule has 1 aromatic rings. The number of allylic oxidation sites excluding steroid dienone is 2. The number of aromatic hydroxyl groups is 2. The fraction of sp³-hybridized carbons (Fsp3) is 0.500. The van der Waals surface area contributed by atoms with E-state index in [1.807, 2.05) is 20.8 Å². The molecule has 2 aliphatic carbocycles. The molecule has 3 nitrogen and oxygen atoms in total. The zero-order chi connectivity index (χ0) is 15.5. The molecule has 0 unspecified atom stereocenters. The van der Waals surface area contributed by atoms with E-state index in [1.165, 1.54) is 11.1 Å². The molecule has 21 heavy (non-hydrogen) atoms. The van der Waals surface area contributed by atoms with Gasteiger partial charge in [-0.1, -0.05) is 25.0 Å². The predicted octanol–water partition coefficient (Wildman–Crippen LogP) is 3.79. The number of phenols is 2. The van der Waals surface area contributed by atoms with Gasteiger partial charge in [0.2, 0.25) is 0 Å². The highest BCUT2D eigenvalue weighted by molar-refractivity contribution is 6.03. The van der Waals surface area contributed by atoms with Gasteiger partial charge in [0.15, 0.2) is 5.78 Å². The van der Waals surface area contributed by atoms with E-state index in [9.17, 15) is 15.0 Å². The van der Waals surface area contributed by atoms with Crippen LogP contribution in [0.1, 0.15) is 67.6 Å². The van der Waals surface area contributed by atoms with Crippen LogP contribution in [0.25, 0.3) is 0 Å². The summed E-state index contributed by atoms with van der Waals surface area (Å²) < 4.78 is 0. The Morgan fingerprint density at radius 2 is 1.48 bits per heavy atom. The van der Waals surface area contributed by atoms with Gasteiger partial charge in [-0.25, -0.2) is 0 Å². The van der Waals surface area contributed by atoms with Gasteiger partial charge in [0.25, 0.3) is 0 Å². The molecule has 112 valence electrons. The van der Waals surface area contributed by atoms with E-state index in [0.29, 0.717) is 36.8 Å². The van der Waals surface area contributed by atoms with Crippen LogP contribution < -0.4 is 0 Å². The summed E-state index contributed by atoms with van der Waals surface area (Å²) in [4.78, 5) is 12.3. The first kappa shape index (κ1) is 14.2. The summed E-state index contributed by atoms with van der Waals surface area (Å²) in [5.41, 5.74) is 4.69. The zero-order valence-corrected chi connectivity index (χ0v) is 13.1. The molecule has 0 fully saturated rings. The summed E-state index contributed by atoms with van der Waals surface area (Å²) in [6, 6.07) is 0. The van der Waals surface area contributed by atoms with E-state index in [4.69, 9.17) is 0 Å². The fourth-order valence-electron chi connectivity index (χ4n) is 3.64. The molecule has 0 amide bonds. The third-order valence-corrected chi connectivity index (χ3v) is 5.20. The summed E-state index contributed by atoms with van der Waals surface area (Å²) in [7, 11) is 0. The van der Waals surface area contributed by atoms with Gasteiger partial charge < -0.3 is 10.2 Å². The van der Waals surface area contributed by atoms with Crippen LogP contribution in [0.15, 0.2) is 11.1 Å². The van der Waals surface area contributed by atoms with Crippen LogP contribution in [0.3, 0.4) is 0 Å². The molecule has 2 N–H and O–H groups in total. The lowest BCUT2D eigenvalue weighted by molar-refractivity contribution is 0.0951. The van der Waals surface area contributed by atoms with Crippen LogP contribution in [-0.2, 0) is 18.3 Å². The van der Waals surface area contributed by atoms with Crippen molar-refractivity contribution in [3.63, 3.8) is 0 Å². The smallest absolute Gasteiger partial charge is 0.167 e. The van der Waals surface area contributed by atoms with Crippen molar-refractivity contribution in [2.75, 3.05) is 0 Å². The third kappa shape index (κ3) is 1.90. The van der Waals surface area contributed by atoms with Crippen LogP contribution in [0, 0.1) is 0 Å². The van der Waals surface area contributed by atoms with Crippen molar-refractivity contribution < 1.29 is 15.0 Å². The number of ketones is 1. The minimum Gasteiger partial charge on any atom is -0.507 e. The summed E-state index contributed by atoms with van der Waals surface area (Å²) in [6.45, 7) is 8.16. The molecular weight excluding hydrogens is 264 g/mol. The molecule has 0 aliphatic heterocycles. The number of hydrogen-bond acceptors (Lipinski definition) is 3. The van der Waals surface area contributed by atoms with Crippen molar-refractivity contribution in [2.24, 2.45) is 0 Å². The first-order valence-electron chi connectivity index (χ1n) is 7.52. The Kier molecular flexibility index (Phi) is 2.94. The second kappa shape index (κ2) is 4.36. The van der Waals surface area contributed by atoms with Crippen LogP contribution in [0.2, 0.25) is 0 Å². The Morgan fingerprint density at radius 3 is 2.05 bits per heavy atom. The van der Waals surface area contributed by atoms with Gasteiger partial charge in [0.1, 0.15) is 11.5 Å². The van der Waals surface area contributed by atoms with E-state index in [0.717, 1.165) is 11.1 Å². The molecule has 3 rings (SSSR count). The van der Waals surface area contributed by atoms with Gasteiger partial charge in [-0.15, -0.1) is 0 Å². The number of benzene rings is 1. The van der Waals surface area contributed by atoms with Gasteiger partial charge in [-0.05, 0) is 38.5 Å². The van der Waals surface area contributed by atoms with Crippen molar-refractivity contribution in [3.8, 4) is 11.5 Å². The van der Waals surface area contributed by atoms with Crippen LogP contribution >= 0.6 is 0 Å². The SMILES string of the molecule is CC1=C(C)Cc2c(O)c3c(c(O)c2C1)C(=O)CCC3(C)C. The molecule has 0 atom stereocenters. The second-order valence-electron chi connectivity index (χ2n) is 7.13. The fourth-order valence-corrected chi connectivity index (χ4v) is 3.64. The van der Waals surface area contributed by atoms with Crippen molar-refractivity contribution in [1.82, 2.24) is 0 Å². The average molecular weight is 286 g/mol. The number of carbonyl (C=O) groups excluding carboxylic acids is 1. The van der Waals surface area contributed by atoms with Crippen molar-refractivity contribution in [1.29, 1.82) is 0 Å². The average Bonchev–Trinajstić information content (AvgIpc) is 2.41. The Hall–Kier alpha value is -1.77. The Bertz CT molecular complexity index is 693. The summed E-state index contributed by atoms with van der Waals surface area (Å²) in [6.07, 6.45) is 2.40. The summed E-state index contributed by atoms with van der Waals surface area (Å²) in [5.74, 6) is 0.272. The Balaban J connectivity index is 2.35. The maximum absolute atomic E-state index is 12.3. The molecule has 1 aromatic carbocycles. The van der Waals surface area contributed by atoms with E-state index >= 15 is 0 Å². The monoisotopic (exact) mass is 286 g/mol. The van der Waals surface area contributed by atoms with Crippen molar-refractivity contribution in [3.05, 3.63) is 33.4 Å². The number of Topliss-reactive ketones (excluding diaryl/α,β-unsaturated/α-hetero) is 1. The van der Waals surface area contributed by atoms with Crippen molar-refractivity contribution >= 4 is 5.78 Å². The highest BCUT2D eigenvalue weighted by Gasteiger charge is 2.39. The minimum atomic E-state index is -0.288. The van der Waals surface area contributed by atoms with E-state index in [1.54, 1.807) is 0 Å². The summed E-state index contributed by atoms with van der Waals surface area (Å²) >= 11 is 0. The molecule has 2 aliphatic rings. The topological polar surface area (TPSA) is 57.5 Å². The number of rotatable bonds is 0. The molecule has 0 bridgehead atoms. The predicted molar refractivity (Wildman–Crippen MR) is 82.1 cm³/mol. The highest BCUT2D eigenvalue weighted by Crippen LogP contribution is 2.50. The minimum absolute atomic E-state index is 0.0520. The zero-order valence-electron chi connectivity index (χ0n) is 13.1. The third-order valence-electron chi connectivity index (χ3n) is 5.20. The highest BCUT2D eigenvalue weighted by atomic mass is 16.3. The Labute approximate surface area is 125 Å². The van der Waals surface area contributed by atoms with E-state index in [-0.39, 0.29) is 22.7 Å². The number of carbonyl (C=O) groups is 1. The molecular formula is C18H22O3. The van der Waals surface area contributed by atoms with Gasteiger partial charge in [0.05, 0.1) is 5.56 Å². The lowest BCUT2D eigenvalue weighted by Crippen LogP contribution is -2.29.